The van der Waals surface area contributed by atoms with E-state index in [2.05, 4.69) is 0 Å². The van der Waals surface area contributed by atoms with E-state index in [1.807, 2.05) is 12.2 Å². The molecule has 0 heterocycles. The zero-order valence-electron chi connectivity index (χ0n) is 9.30. The molecule has 1 atom stereocenters. The lowest BCUT2D eigenvalue weighted by molar-refractivity contribution is -0.139. The molecule has 0 rings (SSSR count). The van der Waals surface area contributed by atoms with Crippen molar-refractivity contribution in [3.8, 4) is 0 Å². The Morgan fingerprint density at radius 3 is 2.35 bits per heavy atom. The molecule has 0 aromatic heterocycles. The normalized spacial score (nSPS) is 12.9. The van der Waals surface area contributed by atoms with Gasteiger partial charge in [-0.3, -0.25) is 0 Å². The molecule has 0 aliphatic heterocycles. The van der Waals surface area contributed by atoms with Crippen LogP contribution in [0.2, 0.25) is 0 Å². The first-order chi connectivity index (χ1) is 7.76. The molecule has 0 aliphatic rings. The summed E-state index contributed by atoms with van der Waals surface area (Å²) in [6.07, 6.45) is -3.03. The van der Waals surface area contributed by atoms with Gasteiger partial charge in [0, 0.05) is 0 Å². The Bertz CT molecular complexity index is 269. The molecular formula is C9H15F3N2O3. The monoisotopic (exact) mass is 256 g/mol. The number of halogens is 3. The Morgan fingerprint density at radius 1 is 1.35 bits per heavy atom. The van der Waals surface area contributed by atoms with Gasteiger partial charge in [-0.05, 0) is 6.42 Å². The van der Waals surface area contributed by atoms with Crippen LogP contribution in [-0.2, 0) is 4.79 Å². The number of alkyl halides is 3. The van der Waals surface area contributed by atoms with Gasteiger partial charge in [-0.15, -0.1) is 0 Å². The van der Waals surface area contributed by atoms with Gasteiger partial charge in [0.1, 0.15) is 12.6 Å². The van der Waals surface area contributed by atoms with Crippen molar-refractivity contribution < 1.29 is 27.9 Å². The molecule has 0 aromatic carbocycles. The van der Waals surface area contributed by atoms with E-state index < -0.39 is 30.8 Å². The lowest BCUT2D eigenvalue weighted by atomic mass is 10.1. The van der Waals surface area contributed by atoms with Crippen molar-refractivity contribution in [1.29, 1.82) is 0 Å². The minimum Gasteiger partial charge on any atom is -0.480 e. The molecule has 8 heteroatoms. The number of amides is 2. The maximum Gasteiger partial charge on any atom is 0.405 e. The molecule has 1 unspecified atom stereocenters. The van der Waals surface area contributed by atoms with Crippen LogP contribution in [0.4, 0.5) is 18.0 Å². The predicted molar refractivity (Wildman–Crippen MR) is 53.5 cm³/mol. The first-order valence-electron chi connectivity index (χ1n) is 5.10. The topological polar surface area (TPSA) is 78.4 Å². The Hall–Kier alpha value is -1.47. The van der Waals surface area contributed by atoms with Crippen molar-refractivity contribution in [1.82, 2.24) is 10.6 Å². The Morgan fingerprint density at radius 2 is 1.94 bits per heavy atom. The van der Waals surface area contributed by atoms with Crippen molar-refractivity contribution >= 4 is 12.0 Å². The van der Waals surface area contributed by atoms with Crippen molar-refractivity contribution in [2.45, 2.75) is 38.4 Å². The number of urea groups is 1. The van der Waals surface area contributed by atoms with Crippen molar-refractivity contribution in [2.24, 2.45) is 0 Å². The number of rotatable bonds is 6. The average molecular weight is 256 g/mol. The number of aliphatic carboxylic acids is 1. The van der Waals surface area contributed by atoms with Gasteiger partial charge >= 0.3 is 18.2 Å². The third-order valence-electron chi connectivity index (χ3n) is 1.90. The highest BCUT2D eigenvalue weighted by Gasteiger charge is 2.28. The first-order valence-corrected chi connectivity index (χ1v) is 5.10. The lowest BCUT2D eigenvalue weighted by Gasteiger charge is -2.15. The van der Waals surface area contributed by atoms with Crippen LogP contribution in [0.1, 0.15) is 26.2 Å². The Kier molecular flexibility index (Phi) is 6.37. The number of carboxylic acids is 1. The summed E-state index contributed by atoms with van der Waals surface area (Å²) in [6.45, 7) is 0.349. The van der Waals surface area contributed by atoms with Crippen molar-refractivity contribution in [3.63, 3.8) is 0 Å². The van der Waals surface area contributed by atoms with E-state index in [-0.39, 0.29) is 6.42 Å². The fourth-order valence-corrected chi connectivity index (χ4v) is 1.06. The van der Waals surface area contributed by atoms with Crippen LogP contribution in [0.25, 0.3) is 0 Å². The minimum absolute atomic E-state index is 0.186. The van der Waals surface area contributed by atoms with Gasteiger partial charge in [0.05, 0.1) is 0 Å². The van der Waals surface area contributed by atoms with Gasteiger partial charge in [0.2, 0.25) is 0 Å². The number of carbonyl (C=O) groups excluding carboxylic acids is 1. The molecule has 5 nitrogen and oxygen atoms in total. The number of carboxylic acid groups (broad SMARTS) is 1. The quantitative estimate of drug-likeness (QED) is 0.673. The zero-order valence-corrected chi connectivity index (χ0v) is 9.30. The third-order valence-corrected chi connectivity index (χ3v) is 1.90. The van der Waals surface area contributed by atoms with Crippen LogP contribution in [-0.4, -0.2) is 35.9 Å². The molecule has 0 spiro atoms. The maximum atomic E-state index is 11.8. The van der Waals surface area contributed by atoms with E-state index in [0.717, 1.165) is 6.42 Å². The number of carbonyl (C=O) groups is 2. The average Bonchev–Trinajstić information content (AvgIpc) is 2.19. The zero-order chi connectivity index (χ0) is 13.5. The number of hydrogen-bond acceptors (Lipinski definition) is 2. The molecule has 0 saturated carbocycles. The summed E-state index contributed by atoms with van der Waals surface area (Å²) >= 11 is 0. The summed E-state index contributed by atoms with van der Waals surface area (Å²) in [6, 6.07) is -2.30. The number of hydrogen-bond donors (Lipinski definition) is 3. The molecule has 2 amide bonds. The number of unbranched alkanes of at least 4 members (excludes halogenated alkanes) is 1. The smallest absolute Gasteiger partial charge is 0.405 e. The van der Waals surface area contributed by atoms with Crippen LogP contribution in [0, 0.1) is 0 Å². The molecular weight excluding hydrogens is 241 g/mol. The molecule has 100 valence electrons. The second kappa shape index (κ2) is 6.97. The summed E-state index contributed by atoms with van der Waals surface area (Å²) in [5.74, 6) is -1.26. The largest absolute Gasteiger partial charge is 0.480 e. The second-order valence-corrected chi connectivity index (χ2v) is 3.48. The summed E-state index contributed by atoms with van der Waals surface area (Å²) in [4.78, 5) is 21.7. The first kappa shape index (κ1) is 15.5. The fraction of sp³-hybridized carbons (Fsp3) is 0.778. The summed E-state index contributed by atoms with van der Waals surface area (Å²) in [5, 5.41) is 12.2. The van der Waals surface area contributed by atoms with Crippen LogP contribution >= 0.6 is 0 Å². The van der Waals surface area contributed by atoms with Gasteiger partial charge in [-0.25, -0.2) is 9.59 Å². The van der Waals surface area contributed by atoms with E-state index in [1.165, 1.54) is 0 Å². The van der Waals surface area contributed by atoms with Gasteiger partial charge in [-0.2, -0.15) is 13.2 Å². The lowest BCUT2D eigenvalue weighted by Crippen LogP contribution is -2.48. The Balaban J connectivity index is 4.08. The minimum atomic E-state index is -4.51. The molecule has 0 bridgehead atoms. The molecule has 0 aromatic rings. The Labute approximate surface area is 96.4 Å². The van der Waals surface area contributed by atoms with Gasteiger partial charge in [0.15, 0.2) is 0 Å². The van der Waals surface area contributed by atoms with E-state index in [0.29, 0.717) is 6.42 Å². The van der Waals surface area contributed by atoms with Crippen molar-refractivity contribution in [3.05, 3.63) is 0 Å². The summed E-state index contributed by atoms with van der Waals surface area (Å²) < 4.78 is 35.3. The SMILES string of the molecule is CCCCC(NC(=O)NCC(F)(F)F)C(=O)O. The van der Waals surface area contributed by atoms with Gasteiger partial charge < -0.3 is 15.7 Å². The van der Waals surface area contributed by atoms with E-state index in [1.54, 1.807) is 5.32 Å². The highest BCUT2D eigenvalue weighted by molar-refractivity contribution is 5.82. The third kappa shape index (κ3) is 8.35. The molecule has 0 radical (unpaired) electrons. The number of nitrogens with one attached hydrogen (secondary N) is 2. The maximum absolute atomic E-state index is 11.8. The van der Waals surface area contributed by atoms with Crippen molar-refractivity contribution in [2.75, 3.05) is 6.54 Å². The van der Waals surface area contributed by atoms with Crippen LogP contribution < -0.4 is 10.6 Å². The summed E-state index contributed by atoms with van der Waals surface area (Å²) in [5.41, 5.74) is 0. The van der Waals surface area contributed by atoms with E-state index >= 15 is 0 Å². The molecule has 0 aliphatic carbocycles. The van der Waals surface area contributed by atoms with Crippen LogP contribution in [0.5, 0.6) is 0 Å². The molecule has 3 N–H and O–H groups in total. The highest BCUT2D eigenvalue weighted by Crippen LogP contribution is 2.12. The molecule has 0 fully saturated rings. The van der Waals surface area contributed by atoms with Crippen LogP contribution in [0.3, 0.4) is 0 Å². The van der Waals surface area contributed by atoms with E-state index in [9.17, 15) is 22.8 Å². The van der Waals surface area contributed by atoms with Crippen LogP contribution in [0.15, 0.2) is 0 Å². The molecule has 17 heavy (non-hydrogen) atoms. The van der Waals surface area contributed by atoms with Gasteiger partial charge in [0.25, 0.3) is 0 Å². The second-order valence-electron chi connectivity index (χ2n) is 3.48. The van der Waals surface area contributed by atoms with Gasteiger partial charge in [-0.1, -0.05) is 19.8 Å². The standard InChI is InChI=1S/C9H15F3N2O3/c1-2-3-4-6(7(15)16)14-8(17)13-5-9(10,11)12/h6H,2-5H2,1H3,(H,15,16)(H2,13,14,17). The van der Waals surface area contributed by atoms with E-state index in [4.69, 9.17) is 5.11 Å². The highest BCUT2D eigenvalue weighted by atomic mass is 19.4. The fourth-order valence-electron chi connectivity index (χ4n) is 1.06. The summed E-state index contributed by atoms with van der Waals surface area (Å²) in [7, 11) is 0. The molecule has 0 saturated heterocycles. The predicted octanol–water partition coefficient (Wildman–Crippen LogP) is 1.49.